The van der Waals surface area contributed by atoms with Crippen LogP contribution in [0.1, 0.15) is 39.2 Å². The van der Waals surface area contributed by atoms with Crippen molar-refractivity contribution in [2.45, 2.75) is 51.8 Å². The summed E-state index contributed by atoms with van der Waals surface area (Å²) in [6, 6.07) is 16.6. The van der Waals surface area contributed by atoms with Crippen LogP contribution in [0.4, 0.5) is 10.7 Å². The fourth-order valence-electron chi connectivity index (χ4n) is 4.31. The molecule has 3 aromatic rings. The molecule has 0 bridgehead atoms. The fraction of sp³-hybridized carbons (Fsp3) is 0.462. The number of methoxy groups -OCH3 is 1. The molecular formula is C26H34N4O3. The van der Waals surface area contributed by atoms with E-state index < -0.39 is 5.60 Å². The van der Waals surface area contributed by atoms with Gasteiger partial charge in [-0.3, -0.25) is 0 Å². The molecule has 7 nitrogen and oxygen atoms in total. The highest BCUT2D eigenvalue weighted by Gasteiger charge is 2.30. The number of anilines is 1. The molecule has 33 heavy (non-hydrogen) atoms. The summed E-state index contributed by atoms with van der Waals surface area (Å²) in [6.45, 7) is 8.10. The van der Waals surface area contributed by atoms with Crippen molar-refractivity contribution >= 4 is 23.1 Å². The number of aromatic nitrogens is 2. The molecule has 0 radical (unpaired) electrons. The highest BCUT2D eigenvalue weighted by atomic mass is 16.6. The summed E-state index contributed by atoms with van der Waals surface area (Å²) in [5, 5.41) is 0. The highest BCUT2D eigenvalue weighted by molar-refractivity contribution is 5.79. The second-order valence-corrected chi connectivity index (χ2v) is 9.64. The first-order chi connectivity index (χ1) is 15.7. The predicted octanol–water partition coefficient (Wildman–Crippen LogP) is 4.93. The predicted molar refractivity (Wildman–Crippen MR) is 131 cm³/mol. The van der Waals surface area contributed by atoms with Crippen molar-refractivity contribution in [3.8, 4) is 5.75 Å². The van der Waals surface area contributed by atoms with Crippen LogP contribution < -0.4 is 9.64 Å². The lowest BCUT2D eigenvalue weighted by molar-refractivity contribution is 0.0200. The number of piperidine rings is 1. The Balaban J connectivity index is 1.52. The highest BCUT2D eigenvalue weighted by Crippen LogP contribution is 2.28. The molecule has 1 aliphatic rings. The quantitative estimate of drug-likeness (QED) is 0.552. The third kappa shape index (κ3) is 5.24. The standard InChI is InChI=1S/C26H34N4O3/c1-26(2,3)33-25(31)28(4)20-14-16-29(17-15-20)24-27-22-8-6-7-9-23(22)30(24)18-19-10-12-21(32-5)13-11-19/h6-13,20H,14-18H2,1-5H3. The Labute approximate surface area is 195 Å². The Hall–Kier alpha value is -3.22. The third-order valence-electron chi connectivity index (χ3n) is 6.11. The van der Waals surface area contributed by atoms with Gasteiger partial charge in [0, 0.05) is 26.2 Å². The van der Waals surface area contributed by atoms with E-state index in [-0.39, 0.29) is 12.1 Å². The summed E-state index contributed by atoms with van der Waals surface area (Å²) in [6.07, 6.45) is 1.50. The fourth-order valence-corrected chi connectivity index (χ4v) is 4.31. The van der Waals surface area contributed by atoms with Gasteiger partial charge < -0.3 is 23.8 Å². The monoisotopic (exact) mass is 450 g/mol. The van der Waals surface area contributed by atoms with Crippen LogP contribution in [0.3, 0.4) is 0 Å². The van der Waals surface area contributed by atoms with Crippen molar-refractivity contribution in [2.24, 2.45) is 0 Å². The zero-order chi connectivity index (χ0) is 23.6. The second kappa shape index (κ2) is 9.33. The number of benzene rings is 2. The number of carbonyl (C=O) groups is 1. The Morgan fingerprint density at radius 3 is 2.39 bits per heavy atom. The van der Waals surface area contributed by atoms with Gasteiger partial charge in [-0.05, 0) is 63.4 Å². The number of hydrogen-bond donors (Lipinski definition) is 0. The van der Waals surface area contributed by atoms with Crippen LogP contribution in [-0.4, -0.2) is 59.4 Å². The molecule has 0 atom stereocenters. The van der Waals surface area contributed by atoms with Gasteiger partial charge in [-0.1, -0.05) is 24.3 Å². The molecule has 2 heterocycles. The lowest BCUT2D eigenvalue weighted by Crippen LogP contribution is -2.47. The molecule has 0 aliphatic carbocycles. The molecule has 1 amide bonds. The van der Waals surface area contributed by atoms with Gasteiger partial charge in [-0.15, -0.1) is 0 Å². The number of ether oxygens (including phenoxy) is 2. The van der Waals surface area contributed by atoms with E-state index in [4.69, 9.17) is 14.5 Å². The average molecular weight is 451 g/mol. The zero-order valence-electron chi connectivity index (χ0n) is 20.2. The van der Waals surface area contributed by atoms with E-state index >= 15 is 0 Å². The zero-order valence-corrected chi connectivity index (χ0v) is 20.2. The molecule has 0 saturated carbocycles. The topological polar surface area (TPSA) is 59.8 Å². The molecule has 0 spiro atoms. The van der Waals surface area contributed by atoms with E-state index in [1.54, 1.807) is 12.0 Å². The summed E-state index contributed by atoms with van der Waals surface area (Å²) in [5.74, 6) is 1.83. The summed E-state index contributed by atoms with van der Waals surface area (Å²) < 4.78 is 13.1. The van der Waals surface area contributed by atoms with Gasteiger partial charge in [0.15, 0.2) is 0 Å². The number of fused-ring (bicyclic) bond motifs is 1. The second-order valence-electron chi connectivity index (χ2n) is 9.64. The normalized spacial score (nSPS) is 15.0. The number of carbonyl (C=O) groups excluding carboxylic acids is 1. The molecule has 4 rings (SSSR count). The van der Waals surface area contributed by atoms with E-state index in [0.717, 1.165) is 55.2 Å². The lowest BCUT2D eigenvalue weighted by atomic mass is 10.0. The molecule has 1 fully saturated rings. The Morgan fingerprint density at radius 1 is 1.09 bits per heavy atom. The lowest BCUT2D eigenvalue weighted by Gasteiger charge is -2.37. The van der Waals surface area contributed by atoms with Crippen LogP contribution in [-0.2, 0) is 11.3 Å². The average Bonchev–Trinajstić information content (AvgIpc) is 3.16. The number of para-hydroxylation sites is 2. The number of hydrogen-bond acceptors (Lipinski definition) is 5. The van der Waals surface area contributed by atoms with Crippen LogP contribution in [0, 0.1) is 0 Å². The number of nitrogens with zero attached hydrogens (tertiary/aromatic N) is 4. The van der Waals surface area contributed by atoms with Gasteiger partial charge in [0.2, 0.25) is 5.95 Å². The Morgan fingerprint density at radius 2 is 1.76 bits per heavy atom. The molecule has 176 valence electrons. The van der Waals surface area contributed by atoms with Gasteiger partial charge in [-0.2, -0.15) is 0 Å². The molecule has 2 aromatic carbocycles. The van der Waals surface area contributed by atoms with Gasteiger partial charge >= 0.3 is 6.09 Å². The smallest absolute Gasteiger partial charge is 0.410 e. The van der Waals surface area contributed by atoms with Crippen LogP contribution in [0.15, 0.2) is 48.5 Å². The summed E-state index contributed by atoms with van der Waals surface area (Å²) >= 11 is 0. The molecule has 7 heteroatoms. The SMILES string of the molecule is COc1ccc(Cn2c(N3CCC(N(C)C(=O)OC(C)(C)C)CC3)nc3ccccc32)cc1. The van der Waals surface area contributed by atoms with E-state index in [2.05, 4.69) is 39.8 Å². The maximum absolute atomic E-state index is 12.5. The first-order valence-corrected chi connectivity index (χ1v) is 11.5. The van der Waals surface area contributed by atoms with E-state index in [1.165, 1.54) is 5.56 Å². The van der Waals surface area contributed by atoms with Crippen LogP contribution in [0.25, 0.3) is 11.0 Å². The van der Waals surface area contributed by atoms with Crippen molar-refractivity contribution in [1.29, 1.82) is 0 Å². The van der Waals surface area contributed by atoms with Crippen LogP contribution in [0.5, 0.6) is 5.75 Å². The maximum atomic E-state index is 12.5. The summed E-state index contributed by atoms with van der Waals surface area (Å²) in [5.41, 5.74) is 2.82. The Kier molecular flexibility index (Phi) is 6.49. The maximum Gasteiger partial charge on any atom is 0.410 e. The molecular weight excluding hydrogens is 416 g/mol. The molecule has 0 N–H and O–H groups in total. The van der Waals surface area contributed by atoms with E-state index in [1.807, 2.05) is 46.0 Å². The molecule has 0 unspecified atom stereocenters. The molecule has 1 aliphatic heterocycles. The minimum Gasteiger partial charge on any atom is -0.497 e. The van der Waals surface area contributed by atoms with Crippen molar-refractivity contribution < 1.29 is 14.3 Å². The largest absolute Gasteiger partial charge is 0.497 e. The summed E-state index contributed by atoms with van der Waals surface area (Å²) in [4.78, 5) is 21.6. The first kappa shape index (κ1) is 23.0. The number of rotatable bonds is 5. The van der Waals surface area contributed by atoms with E-state index in [9.17, 15) is 4.79 Å². The minimum absolute atomic E-state index is 0.163. The van der Waals surface area contributed by atoms with Crippen molar-refractivity contribution in [1.82, 2.24) is 14.5 Å². The molecule has 1 saturated heterocycles. The van der Waals surface area contributed by atoms with Crippen LogP contribution in [0.2, 0.25) is 0 Å². The third-order valence-corrected chi connectivity index (χ3v) is 6.11. The van der Waals surface area contributed by atoms with Gasteiger partial charge in [0.25, 0.3) is 0 Å². The van der Waals surface area contributed by atoms with E-state index in [0.29, 0.717) is 0 Å². The van der Waals surface area contributed by atoms with Gasteiger partial charge in [-0.25, -0.2) is 9.78 Å². The van der Waals surface area contributed by atoms with Crippen LogP contribution >= 0.6 is 0 Å². The number of amides is 1. The van der Waals surface area contributed by atoms with Gasteiger partial charge in [0.1, 0.15) is 11.4 Å². The molecule has 1 aromatic heterocycles. The summed E-state index contributed by atoms with van der Waals surface area (Å²) in [7, 11) is 3.52. The van der Waals surface area contributed by atoms with Gasteiger partial charge in [0.05, 0.1) is 24.7 Å². The minimum atomic E-state index is -0.488. The van der Waals surface area contributed by atoms with Crippen molar-refractivity contribution in [3.05, 3.63) is 54.1 Å². The van der Waals surface area contributed by atoms with Crippen molar-refractivity contribution in [3.63, 3.8) is 0 Å². The number of imidazole rings is 1. The van der Waals surface area contributed by atoms with Crippen molar-refractivity contribution in [2.75, 3.05) is 32.1 Å². The first-order valence-electron chi connectivity index (χ1n) is 11.5. The Bertz CT molecular complexity index is 1090.